The summed E-state index contributed by atoms with van der Waals surface area (Å²) in [5, 5.41) is 13.4. The molecule has 1 aliphatic carbocycles. The second kappa shape index (κ2) is 4.43. The predicted octanol–water partition coefficient (Wildman–Crippen LogP) is 2.25. The van der Waals surface area contributed by atoms with Crippen LogP contribution in [0.3, 0.4) is 0 Å². The third-order valence-electron chi connectivity index (χ3n) is 3.79. The van der Waals surface area contributed by atoms with Crippen molar-refractivity contribution in [1.29, 1.82) is 0 Å². The number of nitrogens with zero attached hydrogens (tertiary/aromatic N) is 1. The molecule has 1 fully saturated rings. The minimum atomic E-state index is -0.493. The van der Waals surface area contributed by atoms with E-state index in [0.29, 0.717) is 12.5 Å². The summed E-state index contributed by atoms with van der Waals surface area (Å²) in [6.07, 6.45) is 2.70. The van der Waals surface area contributed by atoms with Gasteiger partial charge in [-0.15, -0.1) is 11.3 Å². The Morgan fingerprint density at radius 2 is 2.50 bits per heavy atom. The summed E-state index contributed by atoms with van der Waals surface area (Å²) in [6, 6.07) is 0. The van der Waals surface area contributed by atoms with Crippen LogP contribution < -0.4 is 5.73 Å². The molecular formula is C12H20N2OS. The van der Waals surface area contributed by atoms with Gasteiger partial charge < -0.3 is 10.8 Å². The van der Waals surface area contributed by atoms with Crippen molar-refractivity contribution >= 4 is 11.3 Å². The van der Waals surface area contributed by atoms with Gasteiger partial charge in [-0.25, -0.2) is 4.98 Å². The maximum absolute atomic E-state index is 10.5. The van der Waals surface area contributed by atoms with Crippen molar-refractivity contribution < 1.29 is 5.11 Å². The summed E-state index contributed by atoms with van der Waals surface area (Å²) >= 11 is 1.59. The Morgan fingerprint density at radius 1 is 1.75 bits per heavy atom. The molecule has 0 aromatic carbocycles. The molecule has 3 atom stereocenters. The number of rotatable bonds is 3. The lowest BCUT2D eigenvalue weighted by atomic mass is 9.78. The van der Waals surface area contributed by atoms with E-state index in [0.717, 1.165) is 30.0 Å². The molecule has 3 unspecified atom stereocenters. The normalized spacial score (nSPS) is 31.9. The van der Waals surface area contributed by atoms with Crippen molar-refractivity contribution in [3.8, 4) is 0 Å². The fourth-order valence-corrected chi connectivity index (χ4v) is 3.43. The number of hydrogen-bond donors (Lipinski definition) is 2. The van der Waals surface area contributed by atoms with Crippen molar-refractivity contribution in [2.75, 3.05) is 6.54 Å². The second-order valence-electron chi connectivity index (χ2n) is 5.11. The van der Waals surface area contributed by atoms with E-state index < -0.39 is 6.10 Å². The number of aliphatic hydroxyl groups excluding tert-OH is 1. The van der Waals surface area contributed by atoms with Crippen LogP contribution in [0.2, 0.25) is 0 Å². The monoisotopic (exact) mass is 240 g/mol. The maximum atomic E-state index is 10.5. The smallest absolute Gasteiger partial charge is 0.104 e. The third-order valence-corrected chi connectivity index (χ3v) is 4.59. The molecule has 16 heavy (non-hydrogen) atoms. The molecule has 1 aliphatic rings. The van der Waals surface area contributed by atoms with E-state index in [2.05, 4.69) is 11.9 Å². The van der Waals surface area contributed by atoms with Gasteiger partial charge in [0, 0.05) is 17.3 Å². The van der Waals surface area contributed by atoms with E-state index in [9.17, 15) is 5.11 Å². The fraction of sp³-hybridized carbons (Fsp3) is 0.750. The third kappa shape index (κ3) is 2.01. The lowest BCUT2D eigenvalue weighted by Crippen LogP contribution is -2.34. The van der Waals surface area contributed by atoms with E-state index in [-0.39, 0.29) is 5.41 Å². The molecule has 0 radical (unpaired) electrons. The van der Waals surface area contributed by atoms with Gasteiger partial charge in [0.15, 0.2) is 0 Å². The zero-order valence-electron chi connectivity index (χ0n) is 9.94. The molecular weight excluding hydrogens is 220 g/mol. The summed E-state index contributed by atoms with van der Waals surface area (Å²) in [6.45, 7) is 4.75. The van der Waals surface area contributed by atoms with Gasteiger partial charge >= 0.3 is 0 Å². The van der Waals surface area contributed by atoms with Crippen LogP contribution in [0.1, 0.15) is 43.0 Å². The highest BCUT2D eigenvalue weighted by molar-refractivity contribution is 7.09. The Kier molecular flexibility index (Phi) is 3.33. The maximum Gasteiger partial charge on any atom is 0.104 e. The minimum Gasteiger partial charge on any atom is -0.386 e. The number of aromatic nitrogens is 1. The lowest BCUT2D eigenvalue weighted by molar-refractivity contribution is 0.0279. The van der Waals surface area contributed by atoms with Gasteiger partial charge in [0.2, 0.25) is 0 Å². The zero-order valence-corrected chi connectivity index (χ0v) is 10.8. The van der Waals surface area contributed by atoms with Crippen LogP contribution in [0.4, 0.5) is 0 Å². The van der Waals surface area contributed by atoms with Gasteiger partial charge in [-0.3, -0.25) is 0 Å². The van der Waals surface area contributed by atoms with E-state index in [4.69, 9.17) is 5.73 Å². The topological polar surface area (TPSA) is 59.1 Å². The lowest BCUT2D eigenvalue weighted by Gasteiger charge is -2.32. The molecule has 0 saturated heterocycles. The first-order valence-corrected chi connectivity index (χ1v) is 6.75. The molecule has 1 aromatic heterocycles. The summed E-state index contributed by atoms with van der Waals surface area (Å²) in [5.74, 6) is 0.665. The molecule has 0 amide bonds. The summed E-state index contributed by atoms with van der Waals surface area (Å²) in [4.78, 5) is 4.39. The van der Waals surface area contributed by atoms with Crippen LogP contribution in [0.15, 0.2) is 5.38 Å². The quantitative estimate of drug-likeness (QED) is 0.852. The van der Waals surface area contributed by atoms with Crippen LogP contribution in [-0.4, -0.2) is 16.6 Å². The van der Waals surface area contributed by atoms with Crippen LogP contribution >= 0.6 is 11.3 Å². The van der Waals surface area contributed by atoms with Crippen LogP contribution in [0, 0.1) is 18.3 Å². The zero-order chi connectivity index (χ0) is 11.8. The molecule has 1 saturated carbocycles. The Morgan fingerprint density at radius 3 is 2.94 bits per heavy atom. The highest BCUT2D eigenvalue weighted by atomic mass is 32.1. The standard InChI is InChI=1S/C12H20N2OS/c1-8-3-4-12(5-8,7-13)11(15)10-6-16-9(2)14-10/h6,8,11,15H,3-5,7,13H2,1-2H3. The highest BCUT2D eigenvalue weighted by Crippen LogP contribution is 2.49. The Bertz CT molecular complexity index is 366. The van der Waals surface area contributed by atoms with E-state index in [1.165, 1.54) is 0 Å². The van der Waals surface area contributed by atoms with Crippen LogP contribution in [-0.2, 0) is 0 Å². The van der Waals surface area contributed by atoms with Crippen molar-refractivity contribution in [3.05, 3.63) is 16.1 Å². The SMILES string of the molecule is Cc1nc(C(O)C2(CN)CCC(C)C2)cs1. The fourth-order valence-electron chi connectivity index (χ4n) is 2.80. The number of thiazole rings is 1. The van der Waals surface area contributed by atoms with E-state index in [1.54, 1.807) is 11.3 Å². The van der Waals surface area contributed by atoms with Gasteiger partial charge in [0.25, 0.3) is 0 Å². The van der Waals surface area contributed by atoms with E-state index in [1.807, 2.05) is 12.3 Å². The minimum absolute atomic E-state index is 0.139. The van der Waals surface area contributed by atoms with Gasteiger partial charge in [-0.2, -0.15) is 0 Å². The predicted molar refractivity (Wildman–Crippen MR) is 66.3 cm³/mol. The highest BCUT2D eigenvalue weighted by Gasteiger charge is 2.43. The van der Waals surface area contributed by atoms with Crippen molar-refractivity contribution in [3.63, 3.8) is 0 Å². The molecule has 3 nitrogen and oxygen atoms in total. The number of hydrogen-bond acceptors (Lipinski definition) is 4. The number of aliphatic hydroxyl groups is 1. The van der Waals surface area contributed by atoms with Crippen molar-refractivity contribution in [1.82, 2.24) is 4.98 Å². The van der Waals surface area contributed by atoms with Crippen LogP contribution in [0.5, 0.6) is 0 Å². The molecule has 90 valence electrons. The first kappa shape index (κ1) is 12.0. The van der Waals surface area contributed by atoms with Gasteiger partial charge in [0.1, 0.15) is 6.10 Å². The molecule has 4 heteroatoms. The van der Waals surface area contributed by atoms with Crippen LogP contribution in [0.25, 0.3) is 0 Å². The van der Waals surface area contributed by atoms with Gasteiger partial charge in [-0.05, 0) is 25.7 Å². The number of nitrogens with two attached hydrogens (primary N) is 1. The average Bonchev–Trinajstić information content (AvgIpc) is 2.85. The average molecular weight is 240 g/mol. The first-order valence-electron chi connectivity index (χ1n) is 5.87. The van der Waals surface area contributed by atoms with Crippen molar-refractivity contribution in [2.45, 2.75) is 39.2 Å². The Balaban J connectivity index is 2.22. The second-order valence-corrected chi connectivity index (χ2v) is 6.17. The van der Waals surface area contributed by atoms with Crippen molar-refractivity contribution in [2.24, 2.45) is 17.1 Å². The molecule has 0 bridgehead atoms. The summed E-state index contributed by atoms with van der Waals surface area (Å²) < 4.78 is 0. The Hall–Kier alpha value is -0.450. The largest absolute Gasteiger partial charge is 0.386 e. The molecule has 1 aromatic rings. The molecule has 0 aliphatic heterocycles. The molecule has 3 N–H and O–H groups in total. The number of aryl methyl sites for hydroxylation is 1. The Labute approximate surface area is 101 Å². The molecule has 0 spiro atoms. The first-order chi connectivity index (χ1) is 7.57. The summed E-state index contributed by atoms with van der Waals surface area (Å²) in [7, 11) is 0. The molecule has 2 rings (SSSR count). The molecule has 1 heterocycles. The van der Waals surface area contributed by atoms with Gasteiger partial charge in [-0.1, -0.05) is 13.3 Å². The summed E-state index contributed by atoms with van der Waals surface area (Å²) in [5.41, 5.74) is 6.56. The van der Waals surface area contributed by atoms with E-state index >= 15 is 0 Å². The van der Waals surface area contributed by atoms with Gasteiger partial charge in [0.05, 0.1) is 10.7 Å².